The molecular formula is C11H10FN3O4. The number of hydrogen-bond acceptors (Lipinski definition) is 6. The molecule has 0 atom stereocenters. The van der Waals surface area contributed by atoms with Crippen LogP contribution in [0.1, 0.15) is 16.2 Å². The fourth-order valence-electron chi connectivity index (χ4n) is 1.54. The molecule has 0 amide bonds. The van der Waals surface area contributed by atoms with Gasteiger partial charge in [-0.25, -0.2) is 9.18 Å². The van der Waals surface area contributed by atoms with Gasteiger partial charge in [0.15, 0.2) is 11.6 Å². The summed E-state index contributed by atoms with van der Waals surface area (Å²) in [6.07, 6.45) is 0. The number of halogens is 1. The van der Waals surface area contributed by atoms with Gasteiger partial charge in [0.25, 0.3) is 0 Å². The third kappa shape index (κ3) is 2.38. The highest BCUT2D eigenvalue weighted by molar-refractivity contribution is 5.92. The molecule has 0 aliphatic rings. The van der Waals surface area contributed by atoms with Crippen LogP contribution in [0.25, 0.3) is 11.4 Å². The van der Waals surface area contributed by atoms with Crippen LogP contribution in [0.4, 0.5) is 4.39 Å². The van der Waals surface area contributed by atoms with E-state index in [1.807, 2.05) is 0 Å². The van der Waals surface area contributed by atoms with Crippen LogP contribution in [-0.4, -0.2) is 28.3 Å². The second-order valence-corrected chi connectivity index (χ2v) is 3.56. The third-order valence-corrected chi connectivity index (χ3v) is 2.38. The Morgan fingerprint density at radius 2 is 2.32 bits per heavy atom. The van der Waals surface area contributed by atoms with Crippen LogP contribution in [0.5, 0.6) is 5.75 Å². The minimum atomic E-state index is -1.32. The molecule has 0 radical (unpaired) electrons. The van der Waals surface area contributed by atoms with Crippen molar-refractivity contribution in [3.05, 3.63) is 29.4 Å². The molecule has 1 aromatic heterocycles. The van der Waals surface area contributed by atoms with E-state index in [2.05, 4.69) is 10.1 Å². The van der Waals surface area contributed by atoms with Crippen molar-refractivity contribution in [2.24, 2.45) is 5.73 Å². The summed E-state index contributed by atoms with van der Waals surface area (Å²) < 4.78 is 23.2. The molecule has 2 rings (SSSR count). The van der Waals surface area contributed by atoms with E-state index < -0.39 is 11.8 Å². The number of aromatic nitrogens is 2. The highest BCUT2D eigenvalue weighted by Gasteiger charge is 2.19. The maximum atomic E-state index is 13.7. The molecule has 100 valence electrons. The molecule has 0 unspecified atom stereocenters. The summed E-state index contributed by atoms with van der Waals surface area (Å²) in [5, 5.41) is 12.6. The first-order valence-electron chi connectivity index (χ1n) is 5.20. The normalized spacial score (nSPS) is 10.5. The SMILES string of the molecule is COc1c(F)cc(-c2noc(CN)n2)cc1C(=O)O. The number of aromatic carboxylic acids is 1. The number of nitrogens with two attached hydrogens (primary N) is 1. The number of methoxy groups -OCH3 is 1. The first-order valence-corrected chi connectivity index (χ1v) is 5.20. The largest absolute Gasteiger partial charge is 0.493 e. The lowest BCUT2D eigenvalue weighted by Gasteiger charge is -2.07. The van der Waals surface area contributed by atoms with Gasteiger partial charge < -0.3 is 20.1 Å². The summed E-state index contributed by atoms with van der Waals surface area (Å²) >= 11 is 0. The van der Waals surface area contributed by atoms with Gasteiger partial charge in [-0.3, -0.25) is 0 Å². The van der Waals surface area contributed by atoms with Crippen molar-refractivity contribution in [3.8, 4) is 17.1 Å². The van der Waals surface area contributed by atoms with Gasteiger partial charge in [-0.2, -0.15) is 4.98 Å². The number of carboxylic acids is 1. The zero-order chi connectivity index (χ0) is 14.0. The molecule has 0 saturated carbocycles. The molecule has 8 heteroatoms. The van der Waals surface area contributed by atoms with E-state index in [0.29, 0.717) is 0 Å². The van der Waals surface area contributed by atoms with E-state index in [9.17, 15) is 9.18 Å². The van der Waals surface area contributed by atoms with Crippen LogP contribution in [0.2, 0.25) is 0 Å². The monoisotopic (exact) mass is 267 g/mol. The number of ether oxygens (including phenoxy) is 1. The van der Waals surface area contributed by atoms with Crippen LogP contribution in [0.3, 0.4) is 0 Å². The Morgan fingerprint density at radius 1 is 1.58 bits per heavy atom. The Balaban J connectivity index is 2.56. The molecule has 0 bridgehead atoms. The van der Waals surface area contributed by atoms with Gasteiger partial charge in [0.2, 0.25) is 11.7 Å². The lowest BCUT2D eigenvalue weighted by Crippen LogP contribution is -2.03. The lowest BCUT2D eigenvalue weighted by molar-refractivity contribution is 0.0692. The maximum Gasteiger partial charge on any atom is 0.339 e. The summed E-state index contributed by atoms with van der Waals surface area (Å²) in [4.78, 5) is 14.9. The molecule has 0 spiro atoms. The minimum absolute atomic E-state index is 0.0391. The molecule has 1 aromatic carbocycles. The van der Waals surface area contributed by atoms with Gasteiger partial charge in [-0.05, 0) is 12.1 Å². The van der Waals surface area contributed by atoms with Crippen LogP contribution in [0.15, 0.2) is 16.7 Å². The second-order valence-electron chi connectivity index (χ2n) is 3.56. The van der Waals surface area contributed by atoms with Crippen molar-refractivity contribution in [2.75, 3.05) is 7.11 Å². The molecule has 3 N–H and O–H groups in total. The standard InChI is InChI=1S/C11H10FN3O4/c1-18-9-6(11(16)17)2-5(3-7(9)12)10-14-8(4-13)19-15-10/h2-3H,4,13H2,1H3,(H,16,17). The molecule has 0 fully saturated rings. The molecule has 0 aliphatic carbocycles. The number of benzene rings is 1. The number of carbonyl (C=O) groups is 1. The number of hydrogen-bond donors (Lipinski definition) is 2. The van der Waals surface area contributed by atoms with E-state index in [4.69, 9.17) is 20.1 Å². The Labute approximate surface area is 106 Å². The zero-order valence-electron chi connectivity index (χ0n) is 9.88. The molecule has 7 nitrogen and oxygen atoms in total. The smallest absolute Gasteiger partial charge is 0.339 e. The Kier molecular flexibility index (Phi) is 3.43. The van der Waals surface area contributed by atoms with Crippen LogP contribution >= 0.6 is 0 Å². The number of nitrogens with zero attached hydrogens (tertiary/aromatic N) is 2. The predicted octanol–water partition coefficient (Wildman–Crippen LogP) is 1.04. The fourth-order valence-corrected chi connectivity index (χ4v) is 1.54. The summed E-state index contributed by atoms with van der Waals surface area (Å²) in [5.41, 5.74) is 5.15. The highest BCUT2D eigenvalue weighted by Crippen LogP contribution is 2.28. The lowest BCUT2D eigenvalue weighted by atomic mass is 10.1. The van der Waals surface area contributed by atoms with Crippen molar-refractivity contribution >= 4 is 5.97 Å². The molecule has 2 aromatic rings. The quantitative estimate of drug-likeness (QED) is 0.851. The molecule has 0 saturated heterocycles. The first kappa shape index (κ1) is 13.0. The summed E-state index contributed by atoms with van der Waals surface area (Å²) in [6, 6.07) is 2.27. The van der Waals surface area contributed by atoms with Gasteiger partial charge in [0.05, 0.1) is 13.7 Å². The third-order valence-electron chi connectivity index (χ3n) is 2.38. The molecule has 19 heavy (non-hydrogen) atoms. The average Bonchev–Trinajstić information content (AvgIpc) is 2.86. The zero-order valence-corrected chi connectivity index (χ0v) is 9.88. The summed E-state index contributed by atoms with van der Waals surface area (Å²) in [5.74, 6) is -2.26. The van der Waals surface area contributed by atoms with E-state index in [1.165, 1.54) is 13.2 Å². The Hall–Kier alpha value is -2.48. The Morgan fingerprint density at radius 3 is 2.84 bits per heavy atom. The number of rotatable bonds is 4. The van der Waals surface area contributed by atoms with Crippen molar-refractivity contribution in [3.63, 3.8) is 0 Å². The van der Waals surface area contributed by atoms with Crippen LogP contribution in [-0.2, 0) is 6.54 Å². The molecular weight excluding hydrogens is 257 g/mol. The van der Waals surface area contributed by atoms with Gasteiger partial charge in [0.1, 0.15) is 5.56 Å². The number of carboxylic acid groups (broad SMARTS) is 1. The maximum absolute atomic E-state index is 13.7. The Bertz CT molecular complexity index is 626. The van der Waals surface area contributed by atoms with Gasteiger partial charge in [-0.15, -0.1) is 0 Å². The van der Waals surface area contributed by atoms with Gasteiger partial charge in [-0.1, -0.05) is 5.16 Å². The van der Waals surface area contributed by atoms with Crippen molar-refractivity contribution < 1.29 is 23.6 Å². The van der Waals surface area contributed by atoms with Crippen molar-refractivity contribution in [2.45, 2.75) is 6.54 Å². The first-order chi connectivity index (χ1) is 9.06. The molecule has 0 aliphatic heterocycles. The predicted molar refractivity (Wildman–Crippen MR) is 61.1 cm³/mol. The highest BCUT2D eigenvalue weighted by atomic mass is 19.1. The van der Waals surface area contributed by atoms with Crippen LogP contribution < -0.4 is 10.5 Å². The van der Waals surface area contributed by atoms with Gasteiger partial charge >= 0.3 is 5.97 Å². The van der Waals surface area contributed by atoms with Crippen LogP contribution in [0, 0.1) is 5.82 Å². The minimum Gasteiger partial charge on any atom is -0.493 e. The topological polar surface area (TPSA) is 111 Å². The van der Waals surface area contributed by atoms with E-state index in [-0.39, 0.29) is 35.1 Å². The second kappa shape index (κ2) is 5.02. The van der Waals surface area contributed by atoms with E-state index >= 15 is 0 Å². The van der Waals surface area contributed by atoms with Crippen molar-refractivity contribution in [1.82, 2.24) is 10.1 Å². The average molecular weight is 267 g/mol. The summed E-state index contributed by atoms with van der Waals surface area (Å²) in [7, 11) is 1.19. The van der Waals surface area contributed by atoms with E-state index in [1.54, 1.807) is 0 Å². The molecule has 1 heterocycles. The van der Waals surface area contributed by atoms with E-state index in [0.717, 1.165) is 6.07 Å². The van der Waals surface area contributed by atoms with Gasteiger partial charge in [0, 0.05) is 5.56 Å². The summed E-state index contributed by atoms with van der Waals surface area (Å²) in [6.45, 7) is 0.0391. The van der Waals surface area contributed by atoms with Crippen molar-refractivity contribution in [1.29, 1.82) is 0 Å². The fraction of sp³-hybridized carbons (Fsp3) is 0.182.